The number of aliphatic hydroxyl groups is 1. The van der Waals surface area contributed by atoms with E-state index in [-0.39, 0.29) is 21.7 Å². The Bertz CT molecular complexity index is 1410. The number of aromatic nitrogens is 4. The molecule has 12 heteroatoms. The largest absolute Gasteiger partial charge is 0.497 e. The lowest BCUT2D eigenvalue weighted by molar-refractivity contribution is 0.103. The average molecular weight is 592 g/mol. The number of aliphatic hydroxyl groups excluding tert-OH is 1. The number of nitrogens with zero attached hydrogens (tertiary/aromatic N) is 4. The van der Waals surface area contributed by atoms with Crippen molar-refractivity contribution in [1.29, 1.82) is 0 Å². The second-order valence-corrected chi connectivity index (χ2v) is 9.67. The van der Waals surface area contributed by atoms with Gasteiger partial charge >= 0.3 is 0 Å². The zero-order chi connectivity index (χ0) is 27.7. The molecule has 0 saturated carbocycles. The second-order valence-electron chi connectivity index (χ2n) is 7.40. The van der Waals surface area contributed by atoms with Gasteiger partial charge in [0.25, 0.3) is 0 Å². The van der Waals surface area contributed by atoms with Gasteiger partial charge in [0.15, 0.2) is 16.1 Å². The summed E-state index contributed by atoms with van der Waals surface area (Å²) >= 11 is 14.8. The fourth-order valence-corrected chi connectivity index (χ4v) is 4.37. The Labute approximate surface area is 239 Å². The van der Waals surface area contributed by atoms with E-state index in [9.17, 15) is 9.90 Å². The van der Waals surface area contributed by atoms with Gasteiger partial charge in [-0.15, -0.1) is 0 Å². The second kappa shape index (κ2) is 14.3. The van der Waals surface area contributed by atoms with Gasteiger partial charge < -0.3 is 14.6 Å². The quantitative estimate of drug-likeness (QED) is 0.113. The summed E-state index contributed by atoms with van der Waals surface area (Å²) < 4.78 is 10.2. The predicted molar refractivity (Wildman–Crippen MR) is 151 cm³/mol. The molecule has 0 bridgehead atoms. The van der Waals surface area contributed by atoms with Gasteiger partial charge in [0.1, 0.15) is 27.9 Å². The molecule has 4 rings (SSSR count). The number of methoxy groups -OCH3 is 2. The molecule has 1 N–H and O–H groups in total. The first-order valence-electron chi connectivity index (χ1n) is 10.9. The Balaban J connectivity index is 0.000000211. The average Bonchev–Trinajstić information content (AvgIpc) is 2.96. The number of hydrogen-bond donors (Lipinski definition) is 1. The highest BCUT2D eigenvalue weighted by Crippen LogP contribution is 2.29. The predicted octanol–water partition coefficient (Wildman–Crippen LogP) is 6.03. The van der Waals surface area contributed by atoms with Crippen molar-refractivity contribution in [2.24, 2.45) is 0 Å². The van der Waals surface area contributed by atoms with Crippen LogP contribution in [0, 0.1) is 0 Å². The molecular weight excluding hydrogens is 567 g/mol. The Morgan fingerprint density at radius 2 is 1.45 bits per heavy atom. The van der Waals surface area contributed by atoms with Crippen LogP contribution in [0.3, 0.4) is 0 Å². The number of hydrogen-bond acceptors (Lipinski definition) is 10. The molecule has 0 spiro atoms. The third kappa shape index (κ3) is 7.58. The fourth-order valence-electron chi connectivity index (χ4n) is 3.14. The molecule has 0 fully saturated rings. The Morgan fingerprint density at radius 3 is 2.03 bits per heavy atom. The van der Waals surface area contributed by atoms with Gasteiger partial charge in [0, 0.05) is 23.5 Å². The van der Waals surface area contributed by atoms with Crippen molar-refractivity contribution in [1.82, 2.24) is 19.9 Å². The normalized spacial score (nSPS) is 11.2. The van der Waals surface area contributed by atoms with E-state index in [2.05, 4.69) is 19.9 Å². The van der Waals surface area contributed by atoms with Crippen molar-refractivity contribution < 1.29 is 19.4 Å². The summed E-state index contributed by atoms with van der Waals surface area (Å²) in [7, 11) is 3.13. The van der Waals surface area contributed by atoms with Crippen molar-refractivity contribution >= 4 is 52.5 Å². The van der Waals surface area contributed by atoms with Gasteiger partial charge in [-0.2, -0.15) is 0 Å². The molecule has 2 aromatic heterocycles. The lowest BCUT2D eigenvalue weighted by atomic mass is 10.0. The van der Waals surface area contributed by atoms with E-state index in [1.54, 1.807) is 56.8 Å². The maximum absolute atomic E-state index is 12.3. The highest BCUT2D eigenvalue weighted by molar-refractivity contribution is 7.98. The first kappa shape index (κ1) is 29.7. The zero-order valence-electron chi connectivity index (χ0n) is 20.9. The molecule has 4 aromatic rings. The van der Waals surface area contributed by atoms with Crippen molar-refractivity contribution in [2.45, 2.75) is 16.4 Å². The number of rotatable bonds is 8. The smallest absolute Gasteiger partial charge is 0.197 e. The SMILES string of the molecule is COc1cccc(C(=O)c2cnc(SC)nc2Cl)c1.COc1cccc(C(O)c2cnc(SC)nc2Cl)c1. The third-order valence-electron chi connectivity index (χ3n) is 5.11. The monoisotopic (exact) mass is 590 g/mol. The molecule has 0 saturated heterocycles. The highest BCUT2D eigenvalue weighted by Gasteiger charge is 2.17. The molecule has 2 heterocycles. The molecular formula is C26H24Cl2N4O4S2. The number of ether oxygens (including phenoxy) is 2. The molecule has 2 aromatic carbocycles. The Hall–Kier alpha value is -2.89. The molecule has 8 nitrogen and oxygen atoms in total. The van der Waals surface area contributed by atoms with Crippen LogP contribution in [0.1, 0.15) is 33.2 Å². The zero-order valence-corrected chi connectivity index (χ0v) is 24.0. The van der Waals surface area contributed by atoms with Crippen LogP contribution in [0.5, 0.6) is 11.5 Å². The minimum Gasteiger partial charge on any atom is -0.497 e. The lowest BCUT2D eigenvalue weighted by Crippen LogP contribution is -2.05. The van der Waals surface area contributed by atoms with E-state index in [1.165, 1.54) is 29.7 Å². The molecule has 0 aliphatic carbocycles. The van der Waals surface area contributed by atoms with Gasteiger partial charge in [0.2, 0.25) is 0 Å². The number of carbonyl (C=O) groups is 1. The number of ketones is 1. The topological polar surface area (TPSA) is 107 Å². The van der Waals surface area contributed by atoms with Gasteiger partial charge in [-0.05, 0) is 42.3 Å². The van der Waals surface area contributed by atoms with Crippen LogP contribution in [-0.4, -0.2) is 57.6 Å². The fraction of sp³-hybridized carbons (Fsp3) is 0.192. The van der Waals surface area contributed by atoms with Gasteiger partial charge in [0.05, 0.1) is 19.8 Å². The molecule has 1 unspecified atom stereocenters. The van der Waals surface area contributed by atoms with Crippen LogP contribution in [0.2, 0.25) is 10.3 Å². The summed E-state index contributed by atoms with van der Waals surface area (Å²) in [6.07, 6.45) is 5.83. The summed E-state index contributed by atoms with van der Waals surface area (Å²) in [4.78, 5) is 28.6. The lowest BCUT2D eigenvalue weighted by Gasteiger charge is -2.13. The van der Waals surface area contributed by atoms with E-state index in [0.29, 0.717) is 38.5 Å². The van der Waals surface area contributed by atoms with Crippen LogP contribution < -0.4 is 9.47 Å². The van der Waals surface area contributed by atoms with E-state index in [4.69, 9.17) is 32.7 Å². The molecule has 0 radical (unpaired) electrons. The molecule has 1 atom stereocenters. The van der Waals surface area contributed by atoms with Crippen LogP contribution in [0.4, 0.5) is 0 Å². The van der Waals surface area contributed by atoms with Crippen LogP contribution in [0.25, 0.3) is 0 Å². The minimum absolute atomic E-state index is 0.159. The number of halogens is 2. The summed E-state index contributed by atoms with van der Waals surface area (Å²) in [5, 5.41) is 11.9. The van der Waals surface area contributed by atoms with Crippen LogP contribution in [-0.2, 0) is 0 Å². The van der Waals surface area contributed by atoms with Crippen molar-refractivity contribution in [3.05, 3.63) is 93.5 Å². The molecule has 198 valence electrons. The highest BCUT2D eigenvalue weighted by atomic mass is 35.5. The van der Waals surface area contributed by atoms with Crippen LogP contribution in [0.15, 0.2) is 71.2 Å². The molecule has 0 aliphatic heterocycles. The van der Waals surface area contributed by atoms with E-state index in [0.717, 1.165) is 0 Å². The Morgan fingerprint density at radius 1 is 0.868 bits per heavy atom. The minimum atomic E-state index is -0.876. The number of carbonyl (C=O) groups excluding carboxylic acids is 1. The summed E-state index contributed by atoms with van der Waals surface area (Å²) in [6, 6.07) is 14.0. The summed E-state index contributed by atoms with van der Waals surface area (Å²) in [5.41, 5.74) is 1.93. The standard InChI is InChI=1S/C13H13ClN2O2S.C13H11ClN2O2S/c2*1-18-9-5-3-4-8(6-9)11(17)10-7-15-13(19-2)16-12(10)14/h3-7,11,17H,1-2H3;3-7H,1-2H3. The third-order valence-corrected chi connectivity index (χ3v) is 6.83. The van der Waals surface area contributed by atoms with Gasteiger partial charge in [-0.1, -0.05) is 71.0 Å². The summed E-state index contributed by atoms with van der Waals surface area (Å²) in [6.45, 7) is 0. The molecule has 0 amide bonds. The maximum atomic E-state index is 12.3. The van der Waals surface area contributed by atoms with Crippen molar-refractivity contribution in [2.75, 3.05) is 26.7 Å². The van der Waals surface area contributed by atoms with Gasteiger partial charge in [-0.3, -0.25) is 4.79 Å². The molecule has 38 heavy (non-hydrogen) atoms. The first-order chi connectivity index (χ1) is 18.3. The van der Waals surface area contributed by atoms with Crippen LogP contribution >= 0.6 is 46.7 Å². The van der Waals surface area contributed by atoms with E-state index < -0.39 is 6.10 Å². The van der Waals surface area contributed by atoms with E-state index in [1.807, 2.05) is 24.6 Å². The Kier molecular flexibility index (Phi) is 11.2. The van der Waals surface area contributed by atoms with Gasteiger partial charge in [-0.25, -0.2) is 19.9 Å². The first-order valence-corrected chi connectivity index (χ1v) is 14.2. The maximum Gasteiger partial charge on any atom is 0.197 e. The number of thioether (sulfide) groups is 2. The summed E-state index contributed by atoms with van der Waals surface area (Å²) in [5.74, 6) is 1.06. The van der Waals surface area contributed by atoms with Crippen molar-refractivity contribution in [3.8, 4) is 11.5 Å². The number of benzene rings is 2. The van der Waals surface area contributed by atoms with Crippen molar-refractivity contribution in [3.63, 3.8) is 0 Å². The van der Waals surface area contributed by atoms with E-state index >= 15 is 0 Å². The molecule has 0 aliphatic rings.